The standard InChI is InChI=1S/C30H40ClNO/c1-2-3-4-5-6-7-8-9-10-11-12-13-14-15-16-17-18-19-20-25-30(33)32-27-26-28-23-21-22-24-29(28)31/h3-4,6-7,9-10,12-13,15-16,18-19,21-24H,2,5,8,11,14,17,20,25-27H2,1H3,(H,32,33)/b4-3+,7-6+,10-9+,13-12+,16-15+,19-18+. The van der Waals surface area contributed by atoms with E-state index in [0.717, 1.165) is 62.0 Å². The highest BCUT2D eigenvalue weighted by atomic mass is 35.5. The SMILES string of the molecule is CC/C=C/C/C=C/C/C=C/C/C=C/C/C=C/C/C=C/CCC(=O)NCCc1ccccc1Cl. The normalized spacial score (nSPS) is 12.5. The zero-order valence-electron chi connectivity index (χ0n) is 20.1. The molecule has 0 aromatic heterocycles. The summed E-state index contributed by atoms with van der Waals surface area (Å²) in [5, 5.41) is 3.71. The van der Waals surface area contributed by atoms with Gasteiger partial charge in [0.15, 0.2) is 0 Å². The van der Waals surface area contributed by atoms with E-state index in [1.165, 1.54) is 0 Å². The summed E-state index contributed by atoms with van der Waals surface area (Å²) < 4.78 is 0. The third kappa shape index (κ3) is 17.6. The molecular formula is C30H40ClNO. The van der Waals surface area contributed by atoms with Gasteiger partial charge in [-0.3, -0.25) is 4.79 Å². The Morgan fingerprint density at radius 3 is 1.76 bits per heavy atom. The Morgan fingerprint density at radius 1 is 0.758 bits per heavy atom. The van der Waals surface area contributed by atoms with Gasteiger partial charge >= 0.3 is 0 Å². The summed E-state index contributed by atoms with van der Waals surface area (Å²) >= 11 is 6.12. The number of hydrogen-bond donors (Lipinski definition) is 1. The van der Waals surface area contributed by atoms with Gasteiger partial charge in [-0.15, -0.1) is 0 Å². The van der Waals surface area contributed by atoms with Crippen molar-refractivity contribution in [2.45, 2.75) is 64.7 Å². The van der Waals surface area contributed by atoms with Crippen LogP contribution in [0.4, 0.5) is 0 Å². The molecule has 0 unspecified atom stereocenters. The molecule has 1 amide bonds. The van der Waals surface area contributed by atoms with Gasteiger partial charge in [-0.1, -0.05) is 110 Å². The minimum Gasteiger partial charge on any atom is -0.356 e. The van der Waals surface area contributed by atoms with Crippen molar-refractivity contribution in [2.75, 3.05) is 6.54 Å². The van der Waals surface area contributed by atoms with Crippen LogP contribution in [-0.2, 0) is 11.2 Å². The lowest BCUT2D eigenvalue weighted by molar-refractivity contribution is -0.120. The predicted molar refractivity (Wildman–Crippen MR) is 146 cm³/mol. The Morgan fingerprint density at radius 2 is 1.24 bits per heavy atom. The predicted octanol–water partition coefficient (Wildman–Crippen LogP) is 8.48. The molecule has 0 heterocycles. The maximum Gasteiger partial charge on any atom is 0.220 e. The summed E-state index contributed by atoms with van der Waals surface area (Å²) in [7, 11) is 0. The molecule has 0 spiro atoms. The number of allylic oxidation sites excluding steroid dienone is 12. The van der Waals surface area contributed by atoms with Gasteiger partial charge in [-0.25, -0.2) is 0 Å². The van der Waals surface area contributed by atoms with Crippen molar-refractivity contribution in [3.63, 3.8) is 0 Å². The molecule has 0 fully saturated rings. The van der Waals surface area contributed by atoms with E-state index < -0.39 is 0 Å². The van der Waals surface area contributed by atoms with E-state index in [1.807, 2.05) is 24.3 Å². The van der Waals surface area contributed by atoms with Gasteiger partial charge in [0.25, 0.3) is 0 Å². The van der Waals surface area contributed by atoms with Crippen molar-refractivity contribution in [2.24, 2.45) is 0 Å². The summed E-state index contributed by atoms with van der Waals surface area (Å²) in [6.45, 7) is 2.77. The maximum atomic E-state index is 11.9. The molecule has 2 nitrogen and oxygen atoms in total. The number of carbonyl (C=O) groups is 1. The molecular weight excluding hydrogens is 426 g/mol. The zero-order valence-corrected chi connectivity index (χ0v) is 20.9. The van der Waals surface area contributed by atoms with Gasteiger partial charge in [0.2, 0.25) is 5.91 Å². The summed E-state index contributed by atoms with van der Waals surface area (Å²) in [4.78, 5) is 11.9. The van der Waals surface area contributed by atoms with Gasteiger partial charge in [0, 0.05) is 18.0 Å². The first-order valence-electron chi connectivity index (χ1n) is 12.1. The molecule has 3 heteroatoms. The minimum atomic E-state index is 0.0848. The average Bonchev–Trinajstić information content (AvgIpc) is 2.82. The summed E-state index contributed by atoms with van der Waals surface area (Å²) in [6.07, 6.45) is 34.2. The van der Waals surface area contributed by atoms with E-state index in [-0.39, 0.29) is 5.91 Å². The molecule has 0 atom stereocenters. The van der Waals surface area contributed by atoms with Crippen molar-refractivity contribution >= 4 is 17.5 Å². The second kappa shape index (κ2) is 21.3. The van der Waals surface area contributed by atoms with Crippen LogP contribution >= 0.6 is 11.6 Å². The highest BCUT2D eigenvalue weighted by Crippen LogP contribution is 2.14. The highest BCUT2D eigenvalue weighted by Gasteiger charge is 2.01. The van der Waals surface area contributed by atoms with Crippen LogP contribution in [0.25, 0.3) is 0 Å². The quantitative estimate of drug-likeness (QED) is 0.229. The largest absolute Gasteiger partial charge is 0.356 e. The molecule has 1 rings (SSSR count). The molecule has 1 aromatic rings. The molecule has 1 N–H and O–H groups in total. The van der Waals surface area contributed by atoms with E-state index in [4.69, 9.17) is 11.6 Å². The molecule has 1 aromatic carbocycles. The smallest absolute Gasteiger partial charge is 0.220 e. The van der Waals surface area contributed by atoms with E-state index in [0.29, 0.717) is 13.0 Å². The molecule has 0 saturated carbocycles. The first-order valence-corrected chi connectivity index (χ1v) is 12.5. The van der Waals surface area contributed by atoms with E-state index in [9.17, 15) is 4.79 Å². The van der Waals surface area contributed by atoms with Crippen LogP contribution in [0.15, 0.2) is 97.2 Å². The van der Waals surface area contributed by atoms with E-state index >= 15 is 0 Å². The lowest BCUT2D eigenvalue weighted by atomic mass is 10.1. The Hall–Kier alpha value is -2.58. The van der Waals surface area contributed by atoms with E-state index in [2.05, 4.69) is 85.2 Å². The van der Waals surface area contributed by atoms with Crippen molar-refractivity contribution in [3.8, 4) is 0 Å². The van der Waals surface area contributed by atoms with Crippen LogP contribution in [0.5, 0.6) is 0 Å². The van der Waals surface area contributed by atoms with Gasteiger partial charge in [0.05, 0.1) is 0 Å². The molecule has 0 aliphatic heterocycles. The Balaban J connectivity index is 1.98. The van der Waals surface area contributed by atoms with Crippen LogP contribution < -0.4 is 5.32 Å². The summed E-state index contributed by atoms with van der Waals surface area (Å²) in [5.74, 6) is 0.0848. The van der Waals surface area contributed by atoms with Crippen molar-refractivity contribution < 1.29 is 4.79 Å². The topological polar surface area (TPSA) is 29.1 Å². The first kappa shape index (κ1) is 28.5. The molecule has 178 valence electrons. The van der Waals surface area contributed by atoms with Crippen molar-refractivity contribution in [1.82, 2.24) is 5.32 Å². The van der Waals surface area contributed by atoms with Gasteiger partial charge in [0.1, 0.15) is 0 Å². The van der Waals surface area contributed by atoms with Crippen LogP contribution in [0, 0.1) is 0 Å². The van der Waals surface area contributed by atoms with Gasteiger partial charge in [-0.05, 0) is 63.0 Å². The fourth-order valence-corrected chi connectivity index (χ4v) is 3.21. The minimum absolute atomic E-state index is 0.0848. The number of nitrogens with one attached hydrogen (secondary N) is 1. The Bertz CT molecular complexity index is 814. The number of carbonyl (C=O) groups excluding carboxylic acids is 1. The zero-order chi connectivity index (χ0) is 23.8. The number of amides is 1. The molecule has 0 saturated heterocycles. The fourth-order valence-electron chi connectivity index (χ4n) is 2.98. The second-order valence-electron chi connectivity index (χ2n) is 7.65. The van der Waals surface area contributed by atoms with Gasteiger partial charge in [-0.2, -0.15) is 0 Å². The average molecular weight is 466 g/mol. The van der Waals surface area contributed by atoms with Crippen LogP contribution in [0.1, 0.15) is 63.9 Å². The fraction of sp³-hybridized carbons (Fsp3) is 0.367. The van der Waals surface area contributed by atoms with Crippen molar-refractivity contribution in [1.29, 1.82) is 0 Å². The van der Waals surface area contributed by atoms with Crippen LogP contribution in [0.2, 0.25) is 5.02 Å². The summed E-state index contributed by atoms with van der Waals surface area (Å²) in [5.41, 5.74) is 1.07. The monoisotopic (exact) mass is 465 g/mol. The Kier molecular flexibility index (Phi) is 18.3. The molecule has 0 aliphatic rings. The van der Waals surface area contributed by atoms with Crippen molar-refractivity contribution in [3.05, 3.63) is 108 Å². The highest BCUT2D eigenvalue weighted by molar-refractivity contribution is 6.31. The molecule has 33 heavy (non-hydrogen) atoms. The third-order valence-electron chi connectivity index (χ3n) is 4.81. The molecule has 0 aliphatic carbocycles. The maximum absolute atomic E-state index is 11.9. The van der Waals surface area contributed by atoms with Crippen LogP contribution in [0.3, 0.4) is 0 Å². The van der Waals surface area contributed by atoms with E-state index in [1.54, 1.807) is 0 Å². The molecule has 0 radical (unpaired) electrons. The first-order chi connectivity index (χ1) is 16.2. The second-order valence-corrected chi connectivity index (χ2v) is 8.05. The third-order valence-corrected chi connectivity index (χ3v) is 5.18. The summed E-state index contributed by atoms with van der Waals surface area (Å²) in [6, 6.07) is 7.74. The van der Waals surface area contributed by atoms with Gasteiger partial charge < -0.3 is 5.32 Å². The number of halogens is 1. The van der Waals surface area contributed by atoms with Crippen LogP contribution in [-0.4, -0.2) is 12.5 Å². The molecule has 0 bridgehead atoms. The number of hydrogen-bond acceptors (Lipinski definition) is 1. The lowest BCUT2D eigenvalue weighted by Crippen LogP contribution is -2.25. The number of rotatable bonds is 17. The lowest BCUT2D eigenvalue weighted by Gasteiger charge is -2.05. The Labute approximate surface area is 206 Å². The number of benzene rings is 1.